The van der Waals surface area contributed by atoms with E-state index in [9.17, 15) is 18.0 Å². The first-order valence-electron chi connectivity index (χ1n) is 9.26. The third kappa shape index (κ3) is 5.02. The maximum Gasteiger partial charge on any atom is 0.406 e. The number of nitrogens with zero attached hydrogens (tertiary/aromatic N) is 5. The van der Waals surface area contributed by atoms with Crippen molar-refractivity contribution in [2.75, 3.05) is 12.3 Å². The monoisotopic (exact) mass is 437 g/mol. The zero-order valence-corrected chi connectivity index (χ0v) is 16.6. The fraction of sp³-hybridized carbons (Fsp3) is 0.368. The number of hydrogen-bond donors (Lipinski definition) is 0. The van der Waals surface area contributed by atoms with Gasteiger partial charge in [-0.05, 0) is 37.1 Å². The van der Waals surface area contributed by atoms with E-state index in [1.807, 2.05) is 10.6 Å². The van der Waals surface area contributed by atoms with Crippen molar-refractivity contribution in [1.29, 1.82) is 0 Å². The molecule has 1 fully saturated rings. The quantitative estimate of drug-likeness (QED) is 0.497. The van der Waals surface area contributed by atoms with Crippen molar-refractivity contribution in [3.05, 3.63) is 48.7 Å². The van der Waals surface area contributed by atoms with Crippen LogP contribution in [-0.2, 0) is 11.3 Å². The number of carbonyl (C=O) groups is 1. The summed E-state index contributed by atoms with van der Waals surface area (Å²) in [5, 5.41) is 8.90. The third-order valence-electron chi connectivity index (χ3n) is 4.47. The summed E-state index contributed by atoms with van der Waals surface area (Å²) in [6.45, 7) is -1.59. The molecule has 0 bridgehead atoms. The lowest BCUT2D eigenvalue weighted by Gasteiger charge is -2.22. The van der Waals surface area contributed by atoms with E-state index in [-0.39, 0.29) is 24.1 Å². The highest BCUT2D eigenvalue weighted by Gasteiger charge is 2.34. The number of carbonyl (C=O) groups excluding carboxylic acids is 1. The second-order valence-electron chi connectivity index (χ2n) is 6.88. The van der Waals surface area contributed by atoms with Crippen LogP contribution in [-0.4, -0.2) is 49.0 Å². The number of rotatable bonds is 8. The highest BCUT2D eigenvalue weighted by Crippen LogP contribution is 2.41. The summed E-state index contributed by atoms with van der Waals surface area (Å²) in [6, 6.07) is 6.99. The van der Waals surface area contributed by atoms with Gasteiger partial charge in [0.25, 0.3) is 0 Å². The van der Waals surface area contributed by atoms with Crippen LogP contribution in [0.15, 0.2) is 52.5 Å². The molecule has 3 aromatic rings. The van der Waals surface area contributed by atoms with E-state index in [2.05, 4.69) is 15.2 Å². The fourth-order valence-corrected chi connectivity index (χ4v) is 3.89. The van der Waals surface area contributed by atoms with Crippen LogP contribution in [0.3, 0.4) is 0 Å². The molecular weight excluding hydrogens is 419 g/mol. The molecule has 11 heteroatoms. The molecule has 0 N–H and O–H groups in total. The highest BCUT2D eigenvalue weighted by molar-refractivity contribution is 7.99. The fourth-order valence-electron chi connectivity index (χ4n) is 2.99. The van der Waals surface area contributed by atoms with E-state index in [1.165, 1.54) is 12.3 Å². The first-order valence-corrected chi connectivity index (χ1v) is 10.2. The van der Waals surface area contributed by atoms with Gasteiger partial charge in [0.15, 0.2) is 11.0 Å². The number of halogens is 3. The van der Waals surface area contributed by atoms with Crippen molar-refractivity contribution in [3.8, 4) is 11.4 Å². The van der Waals surface area contributed by atoms with E-state index in [0.29, 0.717) is 11.0 Å². The molecule has 0 aromatic carbocycles. The van der Waals surface area contributed by atoms with Crippen molar-refractivity contribution in [3.63, 3.8) is 0 Å². The van der Waals surface area contributed by atoms with Gasteiger partial charge in [-0.3, -0.25) is 14.3 Å². The van der Waals surface area contributed by atoms with Crippen LogP contribution < -0.4 is 0 Å². The van der Waals surface area contributed by atoms with Gasteiger partial charge in [-0.15, -0.1) is 10.2 Å². The van der Waals surface area contributed by atoms with Crippen molar-refractivity contribution >= 4 is 17.7 Å². The smallest absolute Gasteiger partial charge is 0.406 e. The largest absolute Gasteiger partial charge is 0.467 e. The van der Waals surface area contributed by atoms with E-state index >= 15 is 0 Å². The van der Waals surface area contributed by atoms with Crippen LogP contribution in [0.4, 0.5) is 13.2 Å². The second kappa shape index (κ2) is 8.50. The predicted octanol–water partition coefficient (Wildman–Crippen LogP) is 3.95. The summed E-state index contributed by atoms with van der Waals surface area (Å²) in [7, 11) is 0. The molecule has 0 radical (unpaired) electrons. The van der Waals surface area contributed by atoms with Gasteiger partial charge in [-0.1, -0.05) is 11.8 Å². The number of amides is 1. The van der Waals surface area contributed by atoms with E-state index in [0.717, 1.165) is 35.1 Å². The summed E-state index contributed by atoms with van der Waals surface area (Å²) in [5.74, 6) is 0.0946. The lowest BCUT2D eigenvalue weighted by atomic mass is 10.3. The Kier molecular flexibility index (Phi) is 5.80. The third-order valence-corrected chi connectivity index (χ3v) is 5.40. The lowest BCUT2D eigenvalue weighted by molar-refractivity contribution is -0.161. The number of furan rings is 1. The minimum absolute atomic E-state index is 0.186. The van der Waals surface area contributed by atoms with Gasteiger partial charge in [0.2, 0.25) is 5.91 Å². The molecule has 0 atom stereocenters. The van der Waals surface area contributed by atoms with Gasteiger partial charge in [0, 0.05) is 24.0 Å². The van der Waals surface area contributed by atoms with Gasteiger partial charge in [-0.25, -0.2) is 0 Å². The Morgan fingerprint density at radius 3 is 2.73 bits per heavy atom. The Labute approximate surface area is 174 Å². The Morgan fingerprint density at radius 1 is 1.27 bits per heavy atom. The van der Waals surface area contributed by atoms with Gasteiger partial charge in [0.05, 0.1) is 18.6 Å². The van der Waals surface area contributed by atoms with E-state index in [4.69, 9.17) is 4.42 Å². The summed E-state index contributed by atoms with van der Waals surface area (Å²) < 4.78 is 45.9. The molecule has 158 valence electrons. The summed E-state index contributed by atoms with van der Waals surface area (Å²) in [6.07, 6.45) is 2.12. The molecule has 0 spiro atoms. The molecule has 7 nitrogen and oxygen atoms in total. The zero-order valence-electron chi connectivity index (χ0n) is 15.7. The average Bonchev–Trinajstić information content (AvgIpc) is 3.24. The Balaban J connectivity index is 1.49. The summed E-state index contributed by atoms with van der Waals surface area (Å²) in [4.78, 5) is 17.4. The minimum atomic E-state index is -4.51. The second-order valence-corrected chi connectivity index (χ2v) is 7.82. The predicted molar refractivity (Wildman–Crippen MR) is 102 cm³/mol. The standard InChI is InChI=1S/C19H18F3N5O2S/c20-19(21,22)12-26(10-15-4-2-8-29-15)16(28)11-30-18-25-24-17(27(18)14-5-6-14)13-3-1-7-23-9-13/h1-4,7-9,14H,5-6,10-12H2. The molecule has 0 saturated heterocycles. The molecular formula is C19H18F3N5O2S. The van der Waals surface area contributed by atoms with Gasteiger partial charge in [0.1, 0.15) is 12.3 Å². The molecule has 1 aliphatic carbocycles. The van der Waals surface area contributed by atoms with Crippen LogP contribution in [0.1, 0.15) is 24.6 Å². The SMILES string of the molecule is O=C(CSc1nnc(-c2cccnc2)n1C1CC1)N(Cc1ccco1)CC(F)(F)F. The molecule has 1 amide bonds. The van der Waals surface area contributed by atoms with E-state index in [1.54, 1.807) is 24.5 Å². The van der Waals surface area contributed by atoms with Crippen LogP contribution in [0.2, 0.25) is 0 Å². The molecule has 1 aliphatic rings. The topological polar surface area (TPSA) is 77.1 Å². The Bertz CT molecular complexity index is 988. The number of aromatic nitrogens is 4. The highest BCUT2D eigenvalue weighted by atomic mass is 32.2. The first-order chi connectivity index (χ1) is 14.4. The maximum atomic E-state index is 13.0. The first kappa shape index (κ1) is 20.5. The van der Waals surface area contributed by atoms with Crippen LogP contribution in [0.25, 0.3) is 11.4 Å². The lowest BCUT2D eigenvalue weighted by Crippen LogP contribution is -2.39. The molecule has 3 aromatic heterocycles. The van der Waals surface area contributed by atoms with Crippen molar-refractivity contribution < 1.29 is 22.4 Å². The number of thioether (sulfide) groups is 1. The molecule has 30 heavy (non-hydrogen) atoms. The van der Waals surface area contributed by atoms with Crippen LogP contribution in [0.5, 0.6) is 0 Å². The van der Waals surface area contributed by atoms with Crippen LogP contribution >= 0.6 is 11.8 Å². The molecule has 4 rings (SSSR count). The van der Waals surface area contributed by atoms with E-state index < -0.39 is 18.6 Å². The molecule has 0 aliphatic heterocycles. The van der Waals surface area contributed by atoms with Gasteiger partial charge >= 0.3 is 6.18 Å². The zero-order chi connectivity index (χ0) is 21.1. The Morgan fingerprint density at radius 2 is 2.10 bits per heavy atom. The molecule has 1 saturated carbocycles. The van der Waals surface area contributed by atoms with Crippen molar-refractivity contribution in [1.82, 2.24) is 24.6 Å². The van der Waals surface area contributed by atoms with Crippen LogP contribution in [0, 0.1) is 0 Å². The average molecular weight is 437 g/mol. The number of hydrogen-bond acceptors (Lipinski definition) is 6. The summed E-state index contributed by atoms with van der Waals surface area (Å²) in [5.41, 5.74) is 0.798. The minimum Gasteiger partial charge on any atom is -0.467 e. The normalized spacial score (nSPS) is 14.1. The Hall–Kier alpha value is -2.82. The van der Waals surface area contributed by atoms with Gasteiger partial charge in [-0.2, -0.15) is 13.2 Å². The molecule has 3 heterocycles. The summed E-state index contributed by atoms with van der Waals surface area (Å²) >= 11 is 1.09. The van der Waals surface area contributed by atoms with Crippen molar-refractivity contribution in [2.24, 2.45) is 0 Å². The number of alkyl halides is 3. The molecule has 0 unspecified atom stereocenters. The maximum absolute atomic E-state index is 13.0. The number of pyridine rings is 1. The van der Waals surface area contributed by atoms with Gasteiger partial charge < -0.3 is 9.32 Å². The van der Waals surface area contributed by atoms with Crippen molar-refractivity contribution in [2.45, 2.75) is 36.8 Å².